The van der Waals surface area contributed by atoms with Crippen molar-refractivity contribution in [3.8, 4) is 0 Å². The van der Waals surface area contributed by atoms with Crippen molar-refractivity contribution in [1.82, 2.24) is 16.0 Å². The van der Waals surface area contributed by atoms with E-state index in [-0.39, 0.29) is 12.5 Å². The molecule has 0 aliphatic rings. The molecule has 0 spiro atoms. The van der Waals surface area contributed by atoms with Gasteiger partial charge in [-0.25, -0.2) is 4.99 Å². The molecule has 0 heterocycles. The fourth-order valence-corrected chi connectivity index (χ4v) is 2.51. The Balaban J connectivity index is 2.06. The molecule has 150 valence electrons. The first-order valence-corrected chi connectivity index (χ1v) is 8.82. The molecule has 0 atom stereocenters. The van der Waals surface area contributed by atoms with Crippen molar-refractivity contribution in [2.45, 2.75) is 26.2 Å². The van der Waals surface area contributed by atoms with Gasteiger partial charge in [-0.3, -0.25) is 4.79 Å². The smallest absolute Gasteiger partial charge is 0.357 e. The Hall–Kier alpha value is -3.03. The first kappa shape index (κ1) is 21.3. The molecular formula is C20H23F3N4O. The van der Waals surface area contributed by atoms with E-state index in [1.807, 2.05) is 13.0 Å². The quantitative estimate of drug-likeness (QED) is 0.522. The normalized spacial score (nSPS) is 11.8. The van der Waals surface area contributed by atoms with Crippen LogP contribution in [0.2, 0.25) is 0 Å². The van der Waals surface area contributed by atoms with Gasteiger partial charge in [0.05, 0.1) is 12.1 Å². The minimum absolute atomic E-state index is 0.109. The largest absolute Gasteiger partial charge is 0.416 e. The second-order valence-electron chi connectivity index (χ2n) is 6.03. The number of benzene rings is 2. The number of rotatable bonds is 6. The molecule has 8 heteroatoms. The van der Waals surface area contributed by atoms with Gasteiger partial charge in [0.2, 0.25) is 0 Å². The Bertz CT molecular complexity index is 834. The van der Waals surface area contributed by atoms with E-state index in [0.717, 1.165) is 17.7 Å². The van der Waals surface area contributed by atoms with Crippen LogP contribution in [0.5, 0.6) is 0 Å². The van der Waals surface area contributed by atoms with Crippen molar-refractivity contribution in [1.29, 1.82) is 0 Å². The summed E-state index contributed by atoms with van der Waals surface area (Å²) in [5.74, 6) is 0.303. The number of carbonyl (C=O) groups excluding carboxylic acids is 1. The summed E-state index contributed by atoms with van der Waals surface area (Å²) in [6.45, 7) is 3.02. The van der Waals surface area contributed by atoms with Crippen LogP contribution >= 0.6 is 0 Å². The maximum atomic E-state index is 12.8. The number of aliphatic imine (C=N–C) groups is 1. The van der Waals surface area contributed by atoms with Gasteiger partial charge < -0.3 is 16.0 Å². The predicted octanol–water partition coefficient (Wildman–Crippen LogP) is 3.32. The molecule has 0 saturated carbocycles. The zero-order chi connectivity index (χ0) is 20.6. The summed E-state index contributed by atoms with van der Waals surface area (Å²) >= 11 is 0. The predicted molar refractivity (Wildman–Crippen MR) is 103 cm³/mol. The lowest BCUT2D eigenvalue weighted by Crippen LogP contribution is -2.36. The van der Waals surface area contributed by atoms with Gasteiger partial charge in [-0.15, -0.1) is 0 Å². The fraction of sp³-hybridized carbons (Fsp3) is 0.300. The summed E-state index contributed by atoms with van der Waals surface area (Å²) in [5.41, 5.74) is 1.20. The zero-order valence-corrected chi connectivity index (χ0v) is 15.7. The third-order valence-corrected chi connectivity index (χ3v) is 3.89. The molecule has 2 rings (SSSR count). The van der Waals surface area contributed by atoms with Crippen LogP contribution in [0.3, 0.4) is 0 Å². The van der Waals surface area contributed by atoms with Crippen molar-refractivity contribution in [3.63, 3.8) is 0 Å². The van der Waals surface area contributed by atoms with Crippen LogP contribution < -0.4 is 16.0 Å². The maximum Gasteiger partial charge on any atom is 0.416 e. The Morgan fingerprint density at radius 2 is 1.75 bits per heavy atom. The summed E-state index contributed by atoms with van der Waals surface area (Å²) in [7, 11) is 1.57. The highest BCUT2D eigenvalue weighted by Crippen LogP contribution is 2.29. The number of hydrogen-bond acceptors (Lipinski definition) is 2. The Kier molecular flexibility index (Phi) is 7.43. The average molecular weight is 392 g/mol. The third-order valence-electron chi connectivity index (χ3n) is 3.89. The van der Waals surface area contributed by atoms with Gasteiger partial charge in [-0.1, -0.05) is 24.3 Å². The van der Waals surface area contributed by atoms with E-state index < -0.39 is 11.7 Å². The van der Waals surface area contributed by atoms with E-state index in [2.05, 4.69) is 20.9 Å². The number of amides is 1. The number of nitrogens with zero attached hydrogens (tertiary/aromatic N) is 1. The van der Waals surface area contributed by atoms with E-state index >= 15 is 0 Å². The van der Waals surface area contributed by atoms with Crippen molar-refractivity contribution >= 4 is 11.9 Å². The average Bonchev–Trinajstić information content (AvgIpc) is 2.69. The molecule has 28 heavy (non-hydrogen) atoms. The van der Waals surface area contributed by atoms with Gasteiger partial charge in [0, 0.05) is 25.7 Å². The molecule has 0 bridgehead atoms. The Morgan fingerprint density at radius 1 is 1.04 bits per heavy atom. The number of carbonyl (C=O) groups is 1. The lowest BCUT2D eigenvalue weighted by molar-refractivity contribution is -0.137. The highest BCUT2D eigenvalue weighted by molar-refractivity contribution is 5.94. The van der Waals surface area contributed by atoms with Gasteiger partial charge in [0.1, 0.15) is 0 Å². The number of alkyl halides is 3. The first-order valence-electron chi connectivity index (χ1n) is 8.82. The summed E-state index contributed by atoms with van der Waals surface area (Å²) in [4.78, 5) is 16.1. The van der Waals surface area contributed by atoms with Crippen LogP contribution in [0.1, 0.15) is 34.0 Å². The van der Waals surface area contributed by atoms with Crippen molar-refractivity contribution in [2.75, 3.05) is 13.6 Å². The summed E-state index contributed by atoms with van der Waals surface area (Å²) in [6, 6.07) is 12.3. The summed E-state index contributed by atoms with van der Waals surface area (Å²) in [6.07, 6.45) is -4.38. The van der Waals surface area contributed by atoms with Crippen LogP contribution in [0.15, 0.2) is 53.5 Å². The zero-order valence-electron chi connectivity index (χ0n) is 15.7. The molecule has 0 saturated heterocycles. The molecule has 0 aliphatic carbocycles. The van der Waals surface area contributed by atoms with E-state index in [1.54, 1.807) is 31.3 Å². The molecule has 5 nitrogen and oxygen atoms in total. The van der Waals surface area contributed by atoms with Gasteiger partial charge in [0.15, 0.2) is 5.96 Å². The van der Waals surface area contributed by atoms with Crippen molar-refractivity contribution in [2.24, 2.45) is 4.99 Å². The third kappa shape index (κ3) is 6.29. The topological polar surface area (TPSA) is 65.5 Å². The van der Waals surface area contributed by atoms with Gasteiger partial charge >= 0.3 is 6.18 Å². The standard InChI is InChI=1S/C20H23F3N4O/c1-3-25-19(26-12-14-6-4-8-16(10-14)18(28)24-2)27-13-15-7-5-9-17(11-15)20(21,22)23/h4-11H,3,12-13H2,1-2H3,(H,24,28)(H2,25,26,27). The molecule has 2 aromatic rings. The van der Waals surface area contributed by atoms with Crippen molar-refractivity contribution < 1.29 is 18.0 Å². The molecule has 0 aromatic heterocycles. The summed E-state index contributed by atoms with van der Waals surface area (Å²) in [5, 5.41) is 8.75. The van der Waals surface area contributed by atoms with E-state index in [4.69, 9.17) is 0 Å². The summed E-state index contributed by atoms with van der Waals surface area (Å²) < 4.78 is 38.5. The van der Waals surface area contributed by atoms with Crippen LogP contribution in [-0.2, 0) is 19.3 Å². The molecule has 0 aliphatic heterocycles. The van der Waals surface area contributed by atoms with E-state index in [0.29, 0.717) is 30.2 Å². The number of guanidine groups is 1. The Morgan fingerprint density at radius 3 is 2.43 bits per heavy atom. The number of hydrogen-bond donors (Lipinski definition) is 3. The second kappa shape index (κ2) is 9.77. The first-order chi connectivity index (χ1) is 13.3. The van der Waals surface area contributed by atoms with Gasteiger partial charge in [0.25, 0.3) is 5.91 Å². The van der Waals surface area contributed by atoms with Crippen molar-refractivity contribution in [3.05, 3.63) is 70.8 Å². The van der Waals surface area contributed by atoms with Crippen LogP contribution in [0.4, 0.5) is 13.2 Å². The molecule has 1 amide bonds. The number of halogens is 3. The highest BCUT2D eigenvalue weighted by Gasteiger charge is 2.30. The molecule has 0 fully saturated rings. The molecule has 0 radical (unpaired) electrons. The fourth-order valence-electron chi connectivity index (χ4n) is 2.51. The minimum Gasteiger partial charge on any atom is -0.357 e. The SMILES string of the molecule is CCNC(=NCc1cccc(C(F)(F)F)c1)NCc1cccc(C(=O)NC)c1. The maximum absolute atomic E-state index is 12.8. The lowest BCUT2D eigenvalue weighted by atomic mass is 10.1. The monoisotopic (exact) mass is 392 g/mol. The minimum atomic E-state index is -4.38. The second-order valence-corrected chi connectivity index (χ2v) is 6.03. The Labute approximate surface area is 162 Å². The van der Waals surface area contributed by atoms with Gasteiger partial charge in [-0.05, 0) is 42.3 Å². The number of nitrogens with one attached hydrogen (secondary N) is 3. The highest BCUT2D eigenvalue weighted by atomic mass is 19.4. The van der Waals surface area contributed by atoms with Gasteiger partial charge in [-0.2, -0.15) is 13.2 Å². The van der Waals surface area contributed by atoms with Crippen LogP contribution in [0.25, 0.3) is 0 Å². The van der Waals surface area contributed by atoms with E-state index in [1.165, 1.54) is 6.07 Å². The van der Waals surface area contributed by atoms with Crippen LogP contribution in [-0.4, -0.2) is 25.5 Å². The van der Waals surface area contributed by atoms with Crippen LogP contribution in [0, 0.1) is 0 Å². The lowest BCUT2D eigenvalue weighted by Gasteiger charge is -2.12. The molecule has 0 unspecified atom stereocenters. The molecular weight excluding hydrogens is 369 g/mol. The molecule has 3 N–H and O–H groups in total. The molecule has 2 aromatic carbocycles. The van der Waals surface area contributed by atoms with E-state index in [9.17, 15) is 18.0 Å².